The predicted molar refractivity (Wildman–Crippen MR) is 65.6 cm³/mol. The Hall–Kier alpha value is -2.07. The van der Waals surface area contributed by atoms with Gasteiger partial charge in [0.25, 0.3) is 0 Å². The van der Waals surface area contributed by atoms with E-state index in [0.29, 0.717) is 10.8 Å². The van der Waals surface area contributed by atoms with Gasteiger partial charge < -0.3 is 0 Å². The van der Waals surface area contributed by atoms with Crippen LogP contribution in [0.3, 0.4) is 0 Å². The molecule has 5 heteroatoms. The maximum absolute atomic E-state index is 5.83. The summed E-state index contributed by atoms with van der Waals surface area (Å²) in [7, 11) is 0. The molecule has 4 nitrogen and oxygen atoms in total. The summed E-state index contributed by atoms with van der Waals surface area (Å²) in [6, 6.07) is 7.27. The second-order valence-corrected chi connectivity index (χ2v) is 3.86. The van der Waals surface area contributed by atoms with Crippen molar-refractivity contribution in [1.82, 2.24) is 19.9 Å². The number of aromatic nitrogens is 4. The maximum Gasteiger partial charge on any atom is 0.180 e. The lowest BCUT2D eigenvalue weighted by molar-refractivity contribution is 1.21. The molecule has 0 aromatic carbocycles. The van der Waals surface area contributed by atoms with Gasteiger partial charge in [0.05, 0.1) is 11.9 Å². The lowest BCUT2D eigenvalue weighted by Gasteiger charge is -2.01. The van der Waals surface area contributed by atoms with Gasteiger partial charge in [-0.05, 0) is 24.3 Å². The first-order valence-corrected chi connectivity index (χ1v) is 5.40. The Morgan fingerprint density at radius 1 is 1.00 bits per heavy atom. The highest BCUT2D eigenvalue weighted by atomic mass is 35.5. The standard InChI is InChI=1S/C12H7ClN4/c13-11-4-3-9-12(17-11)16-10(7-15-9)8-2-1-5-14-6-8/h1-7H. The summed E-state index contributed by atoms with van der Waals surface area (Å²) in [5.41, 5.74) is 2.91. The average molecular weight is 243 g/mol. The minimum atomic E-state index is 0.412. The average Bonchev–Trinajstić information content (AvgIpc) is 2.39. The molecule has 0 fully saturated rings. The summed E-state index contributed by atoms with van der Waals surface area (Å²) in [4.78, 5) is 16.9. The van der Waals surface area contributed by atoms with E-state index in [2.05, 4.69) is 19.9 Å². The van der Waals surface area contributed by atoms with E-state index in [4.69, 9.17) is 11.6 Å². The quantitative estimate of drug-likeness (QED) is 0.616. The number of fused-ring (bicyclic) bond motifs is 1. The Bertz CT molecular complexity index is 670. The van der Waals surface area contributed by atoms with Gasteiger partial charge in [0, 0.05) is 18.0 Å². The molecule has 0 saturated carbocycles. The molecule has 17 heavy (non-hydrogen) atoms. The number of hydrogen-bond donors (Lipinski definition) is 0. The maximum atomic E-state index is 5.83. The summed E-state index contributed by atoms with van der Waals surface area (Å²) >= 11 is 5.83. The van der Waals surface area contributed by atoms with Crippen LogP contribution in [0.4, 0.5) is 0 Å². The summed E-state index contributed by atoms with van der Waals surface area (Å²) in [6.07, 6.45) is 5.16. The largest absolute Gasteiger partial charge is 0.264 e. The fourth-order valence-electron chi connectivity index (χ4n) is 1.53. The number of halogens is 1. The molecule has 3 aromatic heterocycles. The van der Waals surface area contributed by atoms with Crippen molar-refractivity contribution in [3.8, 4) is 11.3 Å². The molecule has 0 atom stereocenters. The smallest absolute Gasteiger partial charge is 0.180 e. The molecule has 0 aliphatic heterocycles. The number of pyridine rings is 2. The van der Waals surface area contributed by atoms with Crippen molar-refractivity contribution in [2.75, 3.05) is 0 Å². The number of rotatable bonds is 1. The van der Waals surface area contributed by atoms with Crippen molar-refractivity contribution < 1.29 is 0 Å². The molecule has 3 rings (SSSR count). The van der Waals surface area contributed by atoms with Crippen molar-refractivity contribution >= 4 is 22.8 Å². The fourth-order valence-corrected chi connectivity index (χ4v) is 1.67. The molecule has 0 saturated heterocycles. The zero-order valence-electron chi connectivity index (χ0n) is 8.71. The van der Waals surface area contributed by atoms with Gasteiger partial charge in [-0.15, -0.1) is 0 Å². The van der Waals surface area contributed by atoms with Gasteiger partial charge in [0.1, 0.15) is 10.7 Å². The van der Waals surface area contributed by atoms with Crippen LogP contribution in [0.1, 0.15) is 0 Å². The first-order valence-electron chi connectivity index (χ1n) is 5.02. The highest BCUT2D eigenvalue weighted by Gasteiger charge is 2.03. The van der Waals surface area contributed by atoms with Crippen LogP contribution in [0, 0.1) is 0 Å². The van der Waals surface area contributed by atoms with Crippen molar-refractivity contribution in [3.05, 3.63) is 48.0 Å². The van der Waals surface area contributed by atoms with Crippen LogP contribution in [-0.4, -0.2) is 19.9 Å². The van der Waals surface area contributed by atoms with Crippen LogP contribution in [0.15, 0.2) is 42.9 Å². The summed E-state index contributed by atoms with van der Waals surface area (Å²) < 4.78 is 0. The SMILES string of the molecule is Clc1ccc2ncc(-c3cccnc3)nc2n1. The second kappa shape index (κ2) is 4.07. The van der Waals surface area contributed by atoms with Crippen LogP contribution in [0.5, 0.6) is 0 Å². The highest BCUT2D eigenvalue weighted by Crippen LogP contribution is 2.18. The highest BCUT2D eigenvalue weighted by molar-refractivity contribution is 6.29. The van der Waals surface area contributed by atoms with Crippen molar-refractivity contribution in [2.24, 2.45) is 0 Å². The fraction of sp³-hybridized carbons (Fsp3) is 0. The molecule has 0 bridgehead atoms. The van der Waals surface area contributed by atoms with E-state index in [0.717, 1.165) is 16.8 Å². The first-order chi connectivity index (χ1) is 8.33. The minimum absolute atomic E-state index is 0.412. The molecule has 0 N–H and O–H groups in total. The molecule has 0 aliphatic rings. The Morgan fingerprint density at radius 3 is 2.76 bits per heavy atom. The lowest BCUT2D eigenvalue weighted by atomic mass is 10.2. The molecule has 82 valence electrons. The second-order valence-electron chi connectivity index (χ2n) is 3.47. The molecule has 3 heterocycles. The summed E-state index contributed by atoms with van der Waals surface area (Å²) in [6.45, 7) is 0. The normalized spacial score (nSPS) is 10.6. The Labute approximate surface area is 102 Å². The van der Waals surface area contributed by atoms with Gasteiger partial charge in [-0.1, -0.05) is 11.6 Å². The third-order valence-corrected chi connectivity index (χ3v) is 2.54. The van der Waals surface area contributed by atoms with Crippen LogP contribution < -0.4 is 0 Å². The molecule has 0 unspecified atom stereocenters. The van der Waals surface area contributed by atoms with Crippen LogP contribution >= 0.6 is 11.6 Å². The minimum Gasteiger partial charge on any atom is -0.264 e. The molecular formula is C12H7ClN4. The number of nitrogens with zero attached hydrogens (tertiary/aromatic N) is 4. The van der Waals surface area contributed by atoms with Gasteiger partial charge in [0.2, 0.25) is 0 Å². The molecular weight excluding hydrogens is 236 g/mol. The molecule has 0 amide bonds. The third kappa shape index (κ3) is 1.94. The van der Waals surface area contributed by atoms with Crippen molar-refractivity contribution in [3.63, 3.8) is 0 Å². The third-order valence-electron chi connectivity index (χ3n) is 2.33. The molecule has 3 aromatic rings. The number of hydrogen-bond acceptors (Lipinski definition) is 4. The predicted octanol–water partition coefficient (Wildman–Crippen LogP) is 2.74. The van der Waals surface area contributed by atoms with E-state index in [1.54, 1.807) is 30.7 Å². The Balaban J connectivity index is 2.19. The van der Waals surface area contributed by atoms with Gasteiger partial charge in [0.15, 0.2) is 5.65 Å². The van der Waals surface area contributed by atoms with E-state index in [1.807, 2.05) is 12.1 Å². The van der Waals surface area contributed by atoms with Gasteiger partial charge >= 0.3 is 0 Å². The van der Waals surface area contributed by atoms with Gasteiger partial charge in [-0.3, -0.25) is 9.97 Å². The van der Waals surface area contributed by atoms with Crippen molar-refractivity contribution in [2.45, 2.75) is 0 Å². The van der Waals surface area contributed by atoms with Crippen LogP contribution in [-0.2, 0) is 0 Å². The van der Waals surface area contributed by atoms with E-state index in [-0.39, 0.29) is 0 Å². The van der Waals surface area contributed by atoms with Gasteiger partial charge in [-0.2, -0.15) is 0 Å². The van der Waals surface area contributed by atoms with Crippen LogP contribution in [0.2, 0.25) is 5.15 Å². The van der Waals surface area contributed by atoms with Crippen LogP contribution in [0.25, 0.3) is 22.4 Å². The Morgan fingerprint density at radius 2 is 1.94 bits per heavy atom. The van der Waals surface area contributed by atoms with E-state index in [1.165, 1.54) is 0 Å². The van der Waals surface area contributed by atoms with E-state index < -0.39 is 0 Å². The van der Waals surface area contributed by atoms with Crippen molar-refractivity contribution in [1.29, 1.82) is 0 Å². The Kier molecular flexibility index (Phi) is 2.42. The van der Waals surface area contributed by atoms with E-state index >= 15 is 0 Å². The lowest BCUT2D eigenvalue weighted by Crippen LogP contribution is -1.91. The summed E-state index contributed by atoms with van der Waals surface area (Å²) in [5, 5.41) is 0.412. The first kappa shape index (κ1) is 10.1. The zero-order chi connectivity index (χ0) is 11.7. The summed E-state index contributed by atoms with van der Waals surface area (Å²) in [5.74, 6) is 0. The topological polar surface area (TPSA) is 51.6 Å². The van der Waals surface area contributed by atoms with E-state index in [9.17, 15) is 0 Å². The molecule has 0 aliphatic carbocycles. The molecule has 0 radical (unpaired) electrons. The van der Waals surface area contributed by atoms with Gasteiger partial charge in [-0.25, -0.2) is 9.97 Å². The monoisotopic (exact) mass is 242 g/mol. The zero-order valence-corrected chi connectivity index (χ0v) is 9.46. The molecule has 0 spiro atoms.